The fraction of sp³-hybridized carbons (Fsp3) is 0.867. The number of hydrogen-bond acceptors (Lipinski definition) is 3. The fourth-order valence-corrected chi connectivity index (χ4v) is 3.28. The molecule has 5 nitrogen and oxygen atoms in total. The minimum atomic E-state index is -0.326. The molecule has 114 valence electrons. The van der Waals surface area contributed by atoms with Gasteiger partial charge in [0.25, 0.3) is 0 Å². The van der Waals surface area contributed by atoms with E-state index in [0.29, 0.717) is 19.4 Å². The summed E-state index contributed by atoms with van der Waals surface area (Å²) in [6, 6.07) is -0.326. The van der Waals surface area contributed by atoms with Crippen molar-refractivity contribution in [2.24, 2.45) is 5.41 Å². The first-order valence-electron chi connectivity index (χ1n) is 7.80. The molecule has 0 aromatic carbocycles. The van der Waals surface area contributed by atoms with E-state index in [2.05, 4.69) is 10.6 Å². The highest BCUT2D eigenvalue weighted by Gasteiger charge is 2.35. The van der Waals surface area contributed by atoms with Crippen LogP contribution < -0.4 is 10.6 Å². The molecule has 1 aliphatic carbocycles. The molecule has 2 fully saturated rings. The van der Waals surface area contributed by atoms with Gasteiger partial charge in [-0.1, -0.05) is 12.8 Å². The Balaban J connectivity index is 1.79. The van der Waals surface area contributed by atoms with E-state index in [9.17, 15) is 9.59 Å². The predicted octanol–water partition coefficient (Wildman–Crippen LogP) is 1.37. The van der Waals surface area contributed by atoms with Crippen molar-refractivity contribution >= 4 is 11.8 Å². The second kappa shape index (κ2) is 7.07. The maximum absolute atomic E-state index is 12.1. The minimum absolute atomic E-state index is 0.0166. The molecule has 20 heavy (non-hydrogen) atoms. The molecule has 0 aromatic rings. The quantitative estimate of drug-likeness (QED) is 0.693. The van der Waals surface area contributed by atoms with Crippen LogP contribution in [0.5, 0.6) is 0 Å². The summed E-state index contributed by atoms with van der Waals surface area (Å²) >= 11 is 0. The Morgan fingerprint density at radius 1 is 1.45 bits per heavy atom. The maximum atomic E-state index is 12.1. The van der Waals surface area contributed by atoms with E-state index in [1.54, 1.807) is 0 Å². The molecule has 2 N–H and O–H groups in total. The number of hydrogen-bond donors (Lipinski definition) is 2. The molecule has 1 aliphatic heterocycles. The number of carbonyl (C=O) groups is 2. The van der Waals surface area contributed by atoms with Crippen molar-refractivity contribution in [1.29, 1.82) is 0 Å². The van der Waals surface area contributed by atoms with E-state index in [-0.39, 0.29) is 23.3 Å². The van der Waals surface area contributed by atoms with Crippen LogP contribution in [-0.4, -0.2) is 37.6 Å². The average Bonchev–Trinajstić information content (AvgIpc) is 3.06. The third kappa shape index (κ3) is 3.95. The highest BCUT2D eigenvalue weighted by atomic mass is 16.5. The second-order valence-electron chi connectivity index (χ2n) is 6.03. The van der Waals surface area contributed by atoms with Crippen LogP contribution in [0.4, 0.5) is 0 Å². The maximum Gasteiger partial charge on any atom is 0.242 e. The Kier molecular flexibility index (Phi) is 5.40. The van der Waals surface area contributed by atoms with Gasteiger partial charge in [0.05, 0.1) is 0 Å². The summed E-state index contributed by atoms with van der Waals surface area (Å²) in [7, 11) is 0. The van der Waals surface area contributed by atoms with Crippen molar-refractivity contribution in [3.8, 4) is 0 Å². The molecule has 1 saturated carbocycles. The Bertz CT molecular complexity index is 351. The Labute approximate surface area is 120 Å². The zero-order valence-corrected chi connectivity index (χ0v) is 12.4. The lowest BCUT2D eigenvalue weighted by Crippen LogP contribution is -2.45. The zero-order valence-electron chi connectivity index (χ0n) is 12.4. The van der Waals surface area contributed by atoms with Gasteiger partial charge in [-0.3, -0.25) is 9.59 Å². The third-order valence-corrected chi connectivity index (χ3v) is 4.59. The summed E-state index contributed by atoms with van der Waals surface area (Å²) in [6.45, 7) is 4.24. The molecular weight excluding hydrogens is 256 g/mol. The van der Waals surface area contributed by atoms with Crippen LogP contribution in [0.25, 0.3) is 0 Å². The summed E-state index contributed by atoms with van der Waals surface area (Å²) in [6.07, 6.45) is 6.90. The lowest BCUT2D eigenvalue weighted by Gasteiger charge is -2.29. The molecule has 1 heterocycles. The van der Waals surface area contributed by atoms with Crippen LogP contribution in [0, 0.1) is 5.41 Å². The molecule has 1 atom stereocenters. The molecule has 0 spiro atoms. The van der Waals surface area contributed by atoms with E-state index in [1.165, 1.54) is 12.8 Å². The van der Waals surface area contributed by atoms with Crippen molar-refractivity contribution in [3.05, 3.63) is 0 Å². The lowest BCUT2D eigenvalue weighted by atomic mass is 9.83. The van der Waals surface area contributed by atoms with Crippen LogP contribution in [-0.2, 0) is 14.3 Å². The van der Waals surface area contributed by atoms with Crippen molar-refractivity contribution in [2.75, 3.05) is 19.8 Å². The summed E-state index contributed by atoms with van der Waals surface area (Å²) < 4.78 is 5.47. The number of nitrogens with one attached hydrogen (secondary N) is 2. The average molecular weight is 282 g/mol. The Hall–Kier alpha value is -1.10. The molecule has 0 bridgehead atoms. The van der Waals surface area contributed by atoms with Crippen molar-refractivity contribution < 1.29 is 14.3 Å². The van der Waals surface area contributed by atoms with Gasteiger partial charge in [0.15, 0.2) is 0 Å². The number of amides is 2. The first-order valence-corrected chi connectivity index (χ1v) is 7.80. The largest absolute Gasteiger partial charge is 0.382 e. The highest BCUT2D eigenvalue weighted by molar-refractivity contribution is 5.90. The van der Waals surface area contributed by atoms with Gasteiger partial charge in [-0.2, -0.15) is 0 Å². The van der Waals surface area contributed by atoms with E-state index >= 15 is 0 Å². The molecule has 2 amide bonds. The zero-order chi connectivity index (χ0) is 14.4. The van der Waals surface area contributed by atoms with Gasteiger partial charge >= 0.3 is 0 Å². The molecule has 0 radical (unpaired) electrons. The summed E-state index contributed by atoms with van der Waals surface area (Å²) in [5, 5.41) is 5.76. The molecule has 2 aliphatic rings. The van der Waals surface area contributed by atoms with Gasteiger partial charge in [-0.15, -0.1) is 0 Å². The van der Waals surface area contributed by atoms with E-state index < -0.39 is 0 Å². The van der Waals surface area contributed by atoms with Gasteiger partial charge in [0.1, 0.15) is 6.04 Å². The number of rotatable bonds is 7. The molecule has 2 rings (SSSR count). The summed E-state index contributed by atoms with van der Waals surface area (Å²) in [5.74, 6) is -0.0457. The van der Waals surface area contributed by atoms with Crippen LogP contribution >= 0.6 is 0 Å². The van der Waals surface area contributed by atoms with E-state index in [1.807, 2.05) is 6.92 Å². The minimum Gasteiger partial charge on any atom is -0.382 e. The van der Waals surface area contributed by atoms with Crippen LogP contribution in [0.2, 0.25) is 0 Å². The third-order valence-electron chi connectivity index (χ3n) is 4.59. The monoisotopic (exact) mass is 282 g/mol. The van der Waals surface area contributed by atoms with Gasteiger partial charge < -0.3 is 15.4 Å². The fourth-order valence-electron chi connectivity index (χ4n) is 3.28. The smallest absolute Gasteiger partial charge is 0.242 e. The number of carbonyl (C=O) groups excluding carboxylic acids is 2. The van der Waals surface area contributed by atoms with Crippen LogP contribution in [0.15, 0.2) is 0 Å². The first-order chi connectivity index (χ1) is 9.65. The molecule has 0 aromatic heterocycles. The molecule has 0 unspecified atom stereocenters. The standard InChI is InChI=1S/C15H26N2O3/c1-2-20-10-9-15(7-3-4-8-15)11-16-14(19)12-5-6-13(18)17-12/h12H,2-11H2,1H3,(H,16,19)(H,17,18)/t12-/m1/s1. The molecular formula is C15H26N2O3. The first kappa shape index (κ1) is 15.3. The van der Waals surface area contributed by atoms with Crippen molar-refractivity contribution in [2.45, 2.75) is 57.9 Å². The normalized spacial score (nSPS) is 24.6. The predicted molar refractivity (Wildman–Crippen MR) is 76.2 cm³/mol. The van der Waals surface area contributed by atoms with E-state index in [0.717, 1.165) is 32.5 Å². The van der Waals surface area contributed by atoms with Gasteiger partial charge in [0, 0.05) is 26.2 Å². The Morgan fingerprint density at radius 3 is 2.80 bits per heavy atom. The lowest BCUT2D eigenvalue weighted by molar-refractivity contribution is -0.126. The van der Waals surface area contributed by atoms with Crippen LogP contribution in [0.3, 0.4) is 0 Å². The van der Waals surface area contributed by atoms with E-state index in [4.69, 9.17) is 4.74 Å². The van der Waals surface area contributed by atoms with Crippen molar-refractivity contribution in [1.82, 2.24) is 10.6 Å². The van der Waals surface area contributed by atoms with Crippen LogP contribution in [0.1, 0.15) is 51.9 Å². The molecule has 1 saturated heterocycles. The molecule has 5 heteroatoms. The SMILES string of the molecule is CCOCCC1(CNC(=O)[C@H]2CCC(=O)N2)CCCC1. The van der Waals surface area contributed by atoms with Gasteiger partial charge in [-0.05, 0) is 38.0 Å². The Morgan fingerprint density at radius 2 is 2.20 bits per heavy atom. The topological polar surface area (TPSA) is 67.4 Å². The van der Waals surface area contributed by atoms with Gasteiger partial charge in [-0.25, -0.2) is 0 Å². The van der Waals surface area contributed by atoms with Crippen molar-refractivity contribution in [3.63, 3.8) is 0 Å². The number of ether oxygens (including phenoxy) is 1. The summed E-state index contributed by atoms with van der Waals surface area (Å²) in [5.41, 5.74) is 0.202. The summed E-state index contributed by atoms with van der Waals surface area (Å²) in [4.78, 5) is 23.2. The highest BCUT2D eigenvalue weighted by Crippen LogP contribution is 2.40. The van der Waals surface area contributed by atoms with Gasteiger partial charge in [0.2, 0.25) is 11.8 Å². The second-order valence-corrected chi connectivity index (χ2v) is 6.03.